The molecule has 0 spiro atoms. The lowest BCUT2D eigenvalue weighted by atomic mass is 10.2. The third kappa shape index (κ3) is 3.90. The highest BCUT2D eigenvalue weighted by molar-refractivity contribution is 7.92. The van der Waals surface area contributed by atoms with Crippen LogP contribution < -0.4 is 9.46 Å². The molecule has 0 saturated heterocycles. The summed E-state index contributed by atoms with van der Waals surface area (Å²) >= 11 is 5.47. The van der Waals surface area contributed by atoms with Gasteiger partial charge >= 0.3 is 6.18 Å². The van der Waals surface area contributed by atoms with E-state index in [9.17, 15) is 26.0 Å². The minimum absolute atomic E-state index is 0.315. The number of rotatable bonds is 4. The van der Waals surface area contributed by atoms with Crippen molar-refractivity contribution >= 4 is 27.3 Å². The van der Waals surface area contributed by atoms with Crippen LogP contribution >= 0.6 is 11.6 Å². The van der Waals surface area contributed by atoms with E-state index in [0.29, 0.717) is 6.07 Å². The first-order valence-electron chi connectivity index (χ1n) is 6.27. The molecule has 0 aliphatic rings. The molecule has 24 heavy (non-hydrogen) atoms. The van der Waals surface area contributed by atoms with Crippen LogP contribution in [0.1, 0.15) is 5.56 Å². The normalized spacial score (nSPS) is 12.1. The molecule has 2 rings (SSSR count). The van der Waals surface area contributed by atoms with Crippen molar-refractivity contribution in [2.24, 2.45) is 0 Å². The second kappa shape index (κ2) is 6.48. The summed E-state index contributed by atoms with van der Waals surface area (Å²) in [6.07, 6.45) is -4.74. The summed E-state index contributed by atoms with van der Waals surface area (Å²) in [6, 6.07) is 5.32. The van der Waals surface area contributed by atoms with Crippen LogP contribution in [0, 0.1) is 5.82 Å². The SMILES string of the molecule is COc1cc(S(=O)(=O)Nc2ccc(Cl)c(C(F)(F)F)c2)ccc1F. The Kier molecular flexibility index (Phi) is 4.95. The molecule has 0 aliphatic carbocycles. The van der Waals surface area contributed by atoms with Crippen molar-refractivity contribution in [1.29, 1.82) is 0 Å². The molecule has 0 aromatic heterocycles. The number of methoxy groups -OCH3 is 1. The third-order valence-electron chi connectivity index (χ3n) is 2.96. The monoisotopic (exact) mass is 383 g/mol. The van der Waals surface area contributed by atoms with Gasteiger partial charge in [0.05, 0.1) is 22.6 Å². The van der Waals surface area contributed by atoms with Gasteiger partial charge in [-0.3, -0.25) is 4.72 Å². The van der Waals surface area contributed by atoms with Gasteiger partial charge in [-0.15, -0.1) is 0 Å². The molecule has 0 fully saturated rings. The molecule has 130 valence electrons. The Bertz CT molecular complexity index is 869. The van der Waals surface area contributed by atoms with Gasteiger partial charge in [0.2, 0.25) is 0 Å². The fourth-order valence-corrected chi connectivity index (χ4v) is 3.12. The molecule has 0 saturated carbocycles. The minimum atomic E-state index is -4.74. The van der Waals surface area contributed by atoms with Crippen molar-refractivity contribution in [1.82, 2.24) is 0 Å². The zero-order valence-corrected chi connectivity index (χ0v) is 13.6. The fourth-order valence-electron chi connectivity index (χ4n) is 1.83. The summed E-state index contributed by atoms with van der Waals surface area (Å²) in [4.78, 5) is -0.371. The van der Waals surface area contributed by atoms with E-state index in [2.05, 4.69) is 4.74 Å². The van der Waals surface area contributed by atoms with Crippen molar-refractivity contribution in [3.05, 3.63) is 52.8 Å². The Hall–Kier alpha value is -2.00. The van der Waals surface area contributed by atoms with E-state index < -0.39 is 32.6 Å². The van der Waals surface area contributed by atoms with Gasteiger partial charge in [-0.2, -0.15) is 13.2 Å². The van der Waals surface area contributed by atoms with Crippen molar-refractivity contribution in [3.63, 3.8) is 0 Å². The topological polar surface area (TPSA) is 55.4 Å². The van der Waals surface area contributed by atoms with Gasteiger partial charge in [-0.25, -0.2) is 12.8 Å². The van der Waals surface area contributed by atoms with Gasteiger partial charge in [0.25, 0.3) is 10.0 Å². The molecule has 2 aromatic carbocycles. The highest BCUT2D eigenvalue weighted by atomic mass is 35.5. The molecule has 1 N–H and O–H groups in total. The number of hydrogen-bond donors (Lipinski definition) is 1. The van der Waals surface area contributed by atoms with Crippen molar-refractivity contribution in [3.8, 4) is 5.75 Å². The van der Waals surface area contributed by atoms with E-state index in [1.807, 2.05) is 4.72 Å². The van der Waals surface area contributed by atoms with E-state index in [0.717, 1.165) is 37.4 Å². The number of hydrogen-bond acceptors (Lipinski definition) is 3. The molecule has 2 aromatic rings. The predicted octanol–water partition coefficient (Wildman–Crippen LogP) is 4.31. The van der Waals surface area contributed by atoms with Crippen LogP contribution in [0.25, 0.3) is 0 Å². The van der Waals surface area contributed by atoms with Crippen LogP contribution in [0.5, 0.6) is 5.75 Å². The summed E-state index contributed by atoms with van der Waals surface area (Å²) in [5.41, 5.74) is -1.52. The number of sulfonamides is 1. The van der Waals surface area contributed by atoms with Crippen LogP contribution in [0.15, 0.2) is 41.3 Å². The number of halogens is 5. The van der Waals surface area contributed by atoms with E-state index in [1.54, 1.807) is 0 Å². The van der Waals surface area contributed by atoms with Gasteiger partial charge in [0.1, 0.15) is 0 Å². The zero-order valence-electron chi connectivity index (χ0n) is 12.0. The minimum Gasteiger partial charge on any atom is -0.494 e. The average Bonchev–Trinajstić information content (AvgIpc) is 2.48. The van der Waals surface area contributed by atoms with Gasteiger partial charge in [0.15, 0.2) is 11.6 Å². The van der Waals surface area contributed by atoms with E-state index in [1.165, 1.54) is 0 Å². The standard InChI is InChI=1S/C14H10ClF4NO3S/c1-23-13-7-9(3-5-12(13)16)24(21,22)20-8-2-4-11(15)10(6-8)14(17,18)19/h2-7,20H,1H3. The van der Waals surface area contributed by atoms with Crippen LogP contribution in [0.4, 0.5) is 23.2 Å². The van der Waals surface area contributed by atoms with E-state index in [-0.39, 0.29) is 16.3 Å². The molecular weight excluding hydrogens is 374 g/mol. The lowest BCUT2D eigenvalue weighted by Crippen LogP contribution is -2.14. The Balaban J connectivity index is 2.40. The summed E-state index contributed by atoms with van der Waals surface area (Å²) in [5.74, 6) is -1.09. The predicted molar refractivity (Wildman–Crippen MR) is 80.2 cm³/mol. The highest BCUT2D eigenvalue weighted by Crippen LogP contribution is 2.36. The number of anilines is 1. The van der Waals surface area contributed by atoms with E-state index in [4.69, 9.17) is 11.6 Å². The molecule has 0 radical (unpaired) electrons. The van der Waals surface area contributed by atoms with Crippen molar-refractivity contribution in [2.75, 3.05) is 11.8 Å². The zero-order chi connectivity index (χ0) is 18.1. The molecular formula is C14H10ClF4NO3S. The lowest BCUT2D eigenvalue weighted by Gasteiger charge is -2.13. The maximum absolute atomic E-state index is 13.3. The second-order valence-corrected chi connectivity index (χ2v) is 6.68. The van der Waals surface area contributed by atoms with Gasteiger partial charge in [-0.05, 0) is 30.3 Å². The number of nitrogens with one attached hydrogen (secondary N) is 1. The fraction of sp³-hybridized carbons (Fsp3) is 0.143. The van der Waals surface area contributed by atoms with E-state index >= 15 is 0 Å². The first-order valence-corrected chi connectivity index (χ1v) is 8.14. The maximum Gasteiger partial charge on any atom is 0.417 e. The summed E-state index contributed by atoms with van der Waals surface area (Å²) in [6.45, 7) is 0. The average molecular weight is 384 g/mol. The molecule has 0 heterocycles. The summed E-state index contributed by atoms with van der Waals surface area (Å²) in [7, 11) is -3.10. The van der Waals surface area contributed by atoms with Crippen LogP contribution in [0.2, 0.25) is 5.02 Å². The molecule has 10 heteroatoms. The molecule has 0 amide bonds. The molecule has 0 atom stereocenters. The Labute approximate surface area is 140 Å². The number of ether oxygens (including phenoxy) is 1. The second-order valence-electron chi connectivity index (χ2n) is 4.59. The van der Waals surface area contributed by atoms with Gasteiger partial charge in [0, 0.05) is 11.8 Å². The summed E-state index contributed by atoms with van der Waals surface area (Å²) in [5, 5.41) is -0.561. The smallest absolute Gasteiger partial charge is 0.417 e. The number of alkyl halides is 3. The first-order chi connectivity index (χ1) is 11.0. The molecule has 0 aliphatic heterocycles. The Morgan fingerprint density at radius 3 is 2.38 bits per heavy atom. The molecule has 0 bridgehead atoms. The number of benzene rings is 2. The maximum atomic E-state index is 13.3. The Morgan fingerprint density at radius 1 is 1.12 bits per heavy atom. The third-order valence-corrected chi connectivity index (χ3v) is 4.67. The first kappa shape index (κ1) is 18.3. The van der Waals surface area contributed by atoms with Crippen molar-refractivity contribution in [2.45, 2.75) is 11.1 Å². The van der Waals surface area contributed by atoms with Gasteiger partial charge in [-0.1, -0.05) is 11.6 Å². The largest absolute Gasteiger partial charge is 0.494 e. The lowest BCUT2D eigenvalue weighted by molar-refractivity contribution is -0.137. The van der Waals surface area contributed by atoms with Crippen LogP contribution in [-0.2, 0) is 16.2 Å². The van der Waals surface area contributed by atoms with Gasteiger partial charge < -0.3 is 4.74 Å². The summed E-state index contributed by atoms with van der Waals surface area (Å²) < 4.78 is 82.9. The van der Waals surface area contributed by atoms with Crippen LogP contribution in [0.3, 0.4) is 0 Å². The van der Waals surface area contributed by atoms with Crippen LogP contribution in [-0.4, -0.2) is 15.5 Å². The van der Waals surface area contributed by atoms with Crippen molar-refractivity contribution < 1.29 is 30.7 Å². The Morgan fingerprint density at radius 2 is 1.79 bits per heavy atom. The highest BCUT2D eigenvalue weighted by Gasteiger charge is 2.33. The molecule has 4 nitrogen and oxygen atoms in total. The quantitative estimate of drug-likeness (QED) is 0.800. The molecule has 0 unspecified atom stereocenters.